The van der Waals surface area contributed by atoms with E-state index >= 15 is 0 Å². The first-order valence-corrected chi connectivity index (χ1v) is 6.38. The molecule has 0 aliphatic heterocycles. The first kappa shape index (κ1) is 11.7. The smallest absolute Gasteiger partial charge is 0.120 e. The number of furan rings is 1. The van der Waals surface area contributed by atoms with E-state index in [-0.39, 0.29) is 0 Å². The van der Waals surface area contributed by atoms with Gasteiger partial charge in [-0.3, -0.25) is 0 Å². The molecule has 2 nitrogen and oxygen atoms in total. The summed E-state index contributed by atoms with van der Waals surface area (Å²) in [4.78, 5) is 1.24. The average Bonchev–Trinajstić information content (AvgIpc) is 2.84. The molecule has 0 saturated carbocycles. The highest BCUT2D eigenvalue weighted by atomic mass is 35.5. The van der Waals surface area contributed by atoms with Gasteiger partial charge in [0.15, 0.2) is 0 Å². The van der Waals surface area contributed by atoms with Crippen LogP contribution in [0.3, 0.4) is 0 Å². The van der Waals surface area contributed by atoms with Crippen molar-refractivity contribution in [2.45, 2.75) is 26.4 Å². The van der Waals surface area contributed by atoms with E-state index < -0.39 is 0 Å². The quantitative estimate of drug-likeness (QED) is 0.888. The molecular formula is C12H14ClNOS. The summed E-state index contributed by atoms with van der Waals surface area (Å²) in [5, 5.41) is 3.41. The lowest BCUT2D eigenvalue weighted by molar-refractivity contribution is 0.460. The zero-order valence-electron chi connectivity index (χ0n) is 9.29. The normalized spacial score (nSPS) is 12.9. The molecule has 0 aliphatic carbocycles. The number of halogens is 1. The van der Waals surface area contributed by atoms with Crippen molar-refractivity contribution in [3.8, 4) is 0 Å². The fraction of sp³-hybridized carbons (Fsp3) is 0.333. The average molecular weight is 256 g/mol. The molecule has 0 aromatic carbocycles. The first-order chi connectivity index (χ1) is 7.66. The number of rotatable bonds is 4. The van der Waals surface area contributed by atoms with E-state index in [0.29, 0.717) is 6.04 Å². The van der Waals surface area contributed by atoms with E-state index in [0.717, 1.165) is 16.6 Å². The lowest BCUT2D eigenvalue weighted by Gasteiger charge is -2.10. The molecule has 2 aromatic heterocycles. The molecule has 16 heavy (non-hydrogen) atoms. The lowest BCUT2D eigenvalue weighted by atomic mass is 10.2. The molecule has 0 spiro atoms. The van der Waals surface area contributed by atoms with Gasteiger partial charge in [0.2, 0.25) is 0 Å². The van der Waals surface area contributed by atoms with Crippen molar-refractivity contribution >= 4 is 22.9 Å². The Bertz CT molecular complexity index is 463. The van der Waals surface area contributed by atoms with E-state index in [1.54, 1.807) is 17.6 Å². The SMILES string of the molecule is Cc1ccoc1CNC(C)c1ccc(Cl)s1. The summed E-state index contributed by atoms with van der Waals surface area (Å²) in [5.41, 5.74) is 1.18. The fourth-order valence-corrected chi connectivity index (χ4v) is 2.58. The molecule has 0 saturated heterocycles. The number of hydrogen-bond donors (Lipinski definition) is 1. The van der Waals surface area contributed by atoms with E-state index in [2.05, 4.69) is 18.3 Å². The van der Waals surface area contributed by atoms with E-state index in [1.807, 2.05) is 19.1 Å². The Kier molecular flexibility index (Phi) is 3.69. The van der Waals surface area contributed by atoms with Gasteiger partial charge < -0.3 is 9.73 Å². The van der Waals surface area contributed by atoms with Crippen molar-refractivity contribution in [1.82, 2.24) is 5.32 Å². The van der Waals surface area contributed by atoms with Crippen molar-refractivity contribution in [3.63, 3.8) is 0 Å². The van der Waals surface area contributed by atoms with Crippen LogP contribution in [0.2, 0.25) is 4.34 Å². The number of hydrogen-bond acceptors (Lipinski definition) is 3. The van der Waals surface area contributed by atoms with Gasteiger partial charge in [-0.05, 0) is 37.6 Å². The molecule has 2 rings (SSSR count). The summed E-state index contributed by atoms with van der Waals surface area (Å²) in [6.07, 6.45) is 1.72. The maximum absolute atomic E-state index is 5.90. The molecular weight excluding hydrogens is 242 g/mol. The number of thiophene rings is 1. The Hall–Kier alpha value is -0.770. The third kappa shape index (κ3) is 2.67. The Morgan fingerprint density at radius 2 is 2.25 bits per heavy atom. The lowest BCUT2D eigenvalue weighted by Crippen LogP contribution is -2.17. The van der Waals surface area contributed by atoms with E-state index in [1.165, 1.54) is 10.4 Å². The first-order valence-electron chi connectivity index (χ1n) is 5.18. The molecule has 0 fully saturated rings. The van der Waals surface area contributed by atoms with Gasteiger partial charge in [-0.1, -0.05) is 11.6 Å². The molecule has 1 unspecified atom stereocenters. The second-order valence-electron chi connectivity index (χ2n) is 3.77. The van der Waals surface area contributed by atoms with Crippen molar-refractivity contribution < 1.29 is 4.42 Å². The van der Waals surface area contributed by atoms with Crippen LogP contribution in [-0.4, -0.2) is 0 Å². The summed E-state index contributed by atoms with van der Waals surface area (Å²) in [5.74, 6) is 0.995. The van der Waals surface area contributed by atoms with Gasteiger partial charge in [0.05, 0.1) is 17.1 Å². The van der Waals surface area contributed by atoms with Gasteiger partial charge in [-0.15, -0.1) is 11.3 Å². The zero-order chi connectivity index (χ0) is 11.5. The second kappa shape index (κ2) is 5.04. The highest BCUT2D eigenvalue weighted by molar-refractivity contribution is 7.16. The second-order valence-corrected chi connectivity index (χ2v) is 5.52. The van der Waals surface area contributed by atoms with Crippen LogP contribution in [0.25, 0.3) is 0 Å². The number of aryl methyl sites for hydroxylation is 1. The summed E-state index contributed by atoms with van der Waals surface area (Å²) >= 11 is 7.51. The predicted molar refractivity (Wildman–Crippen MR) is 68.0 cm³/mol. The van der Waals surface area contributed by atoms with Crippen molar-refractivity contribution in [3.05, 3.63) is 45.0 Å². The minimum absolute atomic E-state index is 0.294. The largest absolute Gasteiger partial charge is 0.468 e. The van der Waals surface area contributed by atoms with Crippen LogP contribution < -0.4 is 5.32 Å². The highest BCUT2D eigenvalue weighted by Crippen LogP contribution is 2.26. The monoisotopic (exact) mass is 255 g/mol. The summed E-state index contributed by atoms with van der Waals surface area (Å²) in [7, 11) is 0. The van der Waals surface area contributed by atoms with Crippen LogP contribution in [0.1, 0.15) is 29.2 Å². The molecule has 0 bridgehead atoms. The third-order valence-electron chi connectivity index (χ3n) is 2.56. The third-order valence-corrected chi connectivity index (χ3v) is 3.97. The molecule has 2 heterocycles. The van der Waals surface area contributed by atoms with Crippen LogP contribution in [-0.2, 0) is 6.54 Å². The Morgan fingerprint density at radius 3 is 2.81 bits per heavy atom. The van der Waals surface area contributed by atoms with Crippen LogP contribution in [0, 0.1) is 6.92 Å². The van der Waals surface area contributed by atoms with Crippen LogP contribution in [0.4, 0.5) is 0 Å². The zero-order valence-corrected chi connectivity index (χ0v) is 10.9. The predicted octanol–water partition coefficient (Wildman–Crippen LogP) is 4.15. The topological polar surface area (TPSA) is 25.2 Å². The van der Waals surface area contributed by atoms with Crippen LogP contribution in [0.15, 0.2) is 28.9 Å². The standard InChI is InChI=1S/C12H14ClNOS/c1-8-5-6-15-10(8)7-14-9(2)11-3-4-12(13)16-11/h3-6,9,14H,7H2,1-2H3. The maximum Gasteiger partial charge on any atom is 0.120 e. The molecule has 0 radical (unpaired) electrons. The molecule has 1 N–H and O–H groups in total. The summed E-state index contributed by atoms with van der Waals surface area (Å²) < 4.78 is 6.20. The van der Waals surface area contributed by atoms with E-state index in [9.17, 15) is 0 Å². The summed E-state index contributed by atoms with van der Waals surface area (Å²) in [6, 6.07) is 6.25. The Balaban J connectivity index is 1.93. The molecule has 1 atom stereocenters. The van der Waals surface area contributed by atoms with E-state index in [4.69, 9.17) is 16.0 Å². The summed E-state index contributed by atoms with van der Waals surface area (Å²) in [6.45, 7) is 4.92. The molecule has 0 aliphatic rings. The molecule has 4 heteroatoms. The van der Waals surface area contributed by atoms with Crippen LogP contribution in [0.5, 0.6) is 0 Å². The highest BCUT2D eigenvalue weighted by Gasteiger charge is 2.09. The van der Waals surface area contributed by atoms with Crippen LogP contribution >= 0.6 is 22.9 Å². The Labute approximate surface area is 104 Å². The van der Waals surface area contributed by atoms with Gasteiger partial charge in [0.25, 0.3) is 0 Å². The Morgan fingerprint density at radius 1 is 1.44 bits per heavy atom. The van der Waals surface area contributed by atoms with Gasteiger partial charge in [0, 0.05) is 10.9 Å². The molecule has 2 aromatic rings. The van der Waals surface area contributed by atoms with Gasteiger partial charge in [-0.2, -0.15) is 0 Å². The fourth-order valence-electron chi connectivity index (χ4n) is 1.49. The molecule has 86 valence electrons. The van der Waals surface area contributed by atoms with Crippen molar-refractivity contribution in [2.75, 3.05) is 0 Å². The van der Waals surface area contributed by atoms with Crippen molar-refractivity contribution in [1.29, 1.82) is 0 Å². The van der Waals surface area contributed by atoms with Crippen molar-refractivity contribution in [2.24, 2.45) is 0 Å². The van der Waals surface area contributed by atoms with Gasteiger partial charge >= 0.3 is 0 Å². The van der Waals surface area contributed by atoms with Gasteiger partial charge in [-0.25, -0.2) is 0 Å². The number of nitrogens with one attached hydrogen (secondary N) is 1. The van der Waals surface area contributed by atoms with Gasteiger partial charge in [0.1, 0.15) is 5.76 Å². The minimum atomic E-state index is 0.294. The maximum atomic E-state index is 5.90. The minimum Gasteiger partial charge on any atom is -0.468 e. The molecule has 0 amide bonds.